The largest absolute Gasteiger partial charge is 0.138 e. The Balaban J connectivity index is 1.88. The van der Waals surface area contributed by atoms with E-state index in [1.807, 2.05) is 0 Å². The first kappa shape index (κ1) is 20.0. The number of hydrogen-bond acceptors (Lipinski definition) is 0. The minimum Gasteiger partial charge on any atom is -0.138 e. The Kier molecular flexibility index (Phi) is 6.89. The van der Waals surface area contributed by atoms with Gasteiger partial charge in [0.25, 0.3) is 0 Å². The Hall–Kier alpha value is -2.26. The zero-order valence-corrected chi connectivity index (χ0v) is 20.0. The molecule has 0 saturated heterocycles. The van der Waals surface area contributed by atoms with E-state index in [-0.39, 0.29) is 0 Å². The fourth-order valence-corrected chi connectivity index (χ4v) is 16.2. The van der Waals surface area contributed by atoms with Crippen LogP contribution < -0.4 is 20.7 Å². The Bertz CT molecular complexity index is 830. The molecule has 1 atom stereocenters. The summed E-state index contributed by atoms with van der Waals surface area (Å²) < 4.78 is 0. The Morgan fingerprint density at radius 2 is 0.690 bits per heavy atom. The summed E-state index contributed by atoms with van der Waals surface area (Å²) in [5.74, 6) is 0. The van der Waals surface area contributed by atoms with Crippen LogP contribution in [0.15, 0.2) is 121 Å². The molecule has 0 aliphatic rings. The van der Waals surface area contributed by atoms with Crippen LogP contribution in [0.25, 0.3) is 0 Å². The van der Waals surface area contributed by atoms with Gasteiger partial charge in [0, 0.05) is 0 Å². The fourth-order valence-electron chi connectivity index (χ4n) is 4.48. The fraction of sp³-hybridized carbons (Fsp3) is 0.0769. The van der Waals surface area contributed by atoms with Gasteiger partial charge in [-0.25, -0.2) is 0 Å². The highest BCUT2D eigenvalue weighted by molar-refractivity contribution is 7.18. The molecule has 0 N–H and O–H groups in total. The number of benzene rings is 4. The highest BCUT2D eigenvalue weighted by Gasteiger charge is 2.34. The van der Waals surface area contributed by atoms with E-state index in [1.165, 1.54) is 0 Å². The molecule has 1 unspecified atom stereocenters. The van der Waals surface area contributed by atoms with Gasteiger partial charge in [-0.3, -0.25) is 0 Å². The first-order chi connectivity index (χ1) is 14.4. The molecule has 0 heterocycles. The van der Waals surface area contributed by atoms with Gasteiger partial charge in [-0.2, -0.15) is 0 Å². The third-order valence-corrected chi connectivity index (χ3v) is 16.4. The van der Waals surface area contributed by atoms with Gasteiger partial charge in [-0.05, 0) is 11.3 Å². The van der Waals surface area contributed by atoms with Gasteiger partial charge in [-0.1, -0.05) is 142 Å². The number of rotatable bonds is 7. The van der Waals surface area contributed by atoms with E-state index < -0.39 is 17.6 Å². The molecule has 0 radical (unpaired) electrons. The van der Waals surface area contributed by atoms with E-state index in [1.54, 1.807) is 20.7 Å². The molecule has 0 nitrogen and oxygen atoms in total. The van der Waals surface area contributed by atoms with Crippen molar-refractivity contribution in [1.82, 2.24) is 0 Å². The topological polar surface area (TPSA) is 0 Å². The molecule has 0 saturated carbocycles. The summed E-state index contributed by atoms with van der Waals surface area (Å²) >= 11 is 0. The highest BCUT2D eigenvalue weighted by atomic mass is 31.0. The number of hydrogen-bond donors (Lipinski definition) is 0. The van der Waals surface area contributed by atoms with Gasteiger partial charge in [0.1, 0.15) is 17.6 Å². The molecular weight excluding hydrogens is 399 g/mol. The van der Waals surface area contributed by atoms with E-state index in [0.717, 1.165) is 6.16 Å². The van der Waals surface area contributed by atoms with Gasteiger partial charge in [0.05, 0.1) is 0 Å². The molecule has 3 heteroatoms. The van der Waals surface area contributed by atoms with E-state index in [4.69, 9.17) is 0 Å². The van der Waals surface area contributed by atoms with Crippen LogP contribution in [0, 0.1) is 0 Å². The second-order valence-corrected chi connectivity index (χ2v) is 15.0. The van der Waals surface area contributed by atoms with Crippen molar-refractivity contribution in [2.45, 2.75) is 5.16 Å². The van der Waals surface area contributed by atoms with E-state index in [2.05, 4.69) is 131 Å². The lowest BCUT2D eigenvalue weighted by Gasteiger charge is -2.33. The Morgan fingerprint density at radius 3 is 0.897 bits per heavy atom. The standard InChI is InChI=1S/C26H27PSi2/c27-21-26(28(22-13-5-1-6-14-22)23-15-7-2-8-16-23)29(24-17-9-3-10-18-24)25-19-11-4-12-20-25/h1-20,26,28-29H,21,27H2. The lowest BCUT2D eigenvalue weighted by Crippen LogP contribution is -2.58. The Labute approximate surface area is 180 Å². The average molecular weight is 427 g/mol. The summed E-state index contributed by atoms with van der Waals surface area (Å²) in [7, 11) is 0.259. The molecule has 0 bridgehead atoms. The second-order valence-electron chi connectivity index (χ2n) is 7.50. The molecule has 0 spiro atoms. The molecule has 4 rings (SSSR count). The third kappa shape index (κ3) is 4.67. The van der Waals surface area contributed by atoms with Crippen molar-refractivity contribution in [2.24, 2.45) is 0 Å². The maximum atomic E-state index is 3.10. The summed E-state index contributed by atoms with van der Waals surface area (Å²) in [5, 5.41) is 6.90. The lowest BCUT2D eigenvalue weighted by molar-refractivity contribution is 1.31. The quantitative estimate of drug-likeness (QED) is 0.315. The third-order valence-electron chi connectivity index (χ3n) is 5.76. The van der Waals surface area contributed by atoms with Crippen LogP contribution in [0.3, 0.4) is 0 Å². The monoisotopic (exact) mass is 426 g/mol. The predicted octanol–water partition coefficient (Wildman–Crippen LogP) is 2.85. The zero-order valence-electron chi connectivity index (χ0n) is 16.6. The Morgan fingerprint density at radius 1 is 0.448 bits per heavy atom. The van der Waals surface area contributed by atoms with E-state index >= 15 is 0 Å². The van der Waals surface area contributed by atoms with Gasteiger partial charge < -0.3 is 0 Å². The van der Waals surface area contributed by atoms with Crippen LogP contribution in [0.5, 0.6) is 0 Å². The van der Waals surface area contributed by atoms with Crippen molar-refractivity contribution < 1.29 is 0 Å². The van der Waals surface area contributed by atoms with E-state index in [0.29, 0.717) is 5.16 Å². The maximum Gasteiger partial charge on any atom is 0.104 e. The van der Waals surface area contributed by atoms with Gasteiger partial charge in [0.15, 0.2) is 0 Å². The molecule has 0 fully saturated rings. The van der Waals surface area contributed by atoms with Crippen LogP contribution in [0.1, 0.15) is 0 Å². The summed E-state index contributed by atoms with van der Waals surface area (Å²) in [6.07, 6.45) is 1.14. The van der Waals surface area contributed by atoms with Gasteiger partial charge in [-0.15, -0.1) is 9.24 Å². The zero-order chi connectivity index (χ0) is 19.9. The van der Waals surface area contributed by atoms with Crippen molar-refractivity contribution in [1.29, 1.82) is 0 Å². The van der Waals surface area contributed by atoms with Crippen LogP contribution in [-0.4, -0.2) is 23.8 Å². The second kappa shape index (κ2) is 9.98. The molecular formula is C26H27PSi2. The van der Waals surface area contributed by atoms with Gasteiger partial charge in [0.2, 0.25) is 0 Å². The summed E-state index contributed by atoms with van der Waals surface area (Å²) in [6.45, 7) is 0. The molecule has 0 aliphatic carbocycles. The molecule has 0 aromatic heterocycles. The summed E-state index contributed by atoms with van der Waals surface area (Å²) in [6, 6.07) is 45.1. The van der Waals surface area contributed by atoms with Crippen molar-refractivity contribution in [2.75, 3.05) is 6.16 Å². The minimum absolute atomic E-state index is 0.689. The smallest absolute Gasteiger partial charge is 0.104 e. The van der Waals surface area contributed by atoms with Gasteiger partial charge >= 0.3 is 0 Å². The van der Waals surface area contributed by atoms with E-state index in [9.17, 15) is 0 Å². The summed E-state index contributed by atoms with van der Waals surface area (Å²) in [5.41, 5.74) is 0. The van der Waals surface area contributed by atoms with Crippen molar-refractivity contribution in [3.63, 3.8) is 0 Å². The molecule has 4 aromatic rings. The average Bonchev–Trinajstić information content (AvgIpc) is 2.81. The first-order valence-corrected chi connectivity index (χ1v) is 14.7. The van der Waals surface area contributed by atoms with Crippen LogP contribution in [0.4, 0.5) is 0 Å². The van der Waals surface area contributed by atoms with Crippen LogP contribution >= 0.6 is 9.24 Å². The normalized spacial score (nSPS) is 11.3. The van der Waals surface area contributed by atoms with Crippen molar-refractivity contribution in [3.05, 3.63) is 121 Å². The predicted molar refractivity (Wildman–Crippen MR) is 137 cm³/mol. The molecule has 29 heavy (non-hydrogen) atoms. The SMILES string of the molecule is PCC([SiH](c1ccccc1)c1ccccc1)[SiH](c1ccccc1)c1ccccc1. The molecule has 4 aromatic carbocycles. The first-order valence-electron chi connectivity index (χ1n) is 10.3. The maximum absolute atomic E-state index is 3.10. The minimum atomic E-state index is -1.42. The van der Waals surface area contributed by atoms with Crippen molar-refractivity contribution >= 4 is 47.6 Å². The molecule has 0 aliphatic heterocycles. The van der Waals surface area contributed by atoms with Crippen molar-refractivity contribution in [3.8, 4) is 0 Å². The van der Waals surface area contributed by atoms with Crippen LogP contribution in [0.2, 0.25) is 5.16 Å². The van der Waals surface area contributed by atoms with Crippen LogP contribution in [-0.2, 0) is 0 Å². The lowest BCUT2D eigenvalue weighted by atomic mass is 10.4. The summed E-state index contributed by atoms with van der Waals surface area (Å²) in [4.78, 5) is 0. The highest BCUT2D eigenvalue weighted by Crippen LogP contribution is 2.19. The molecule has 0 amide bonds. The molecule has 144 valence electrons.